The van der Waals surface area contributed by atoms with Crippen LogP contribution in [0, 0.1) is 0 Å². The van der Waals surface area contributed by atoms with E-state index in [2.05, 4.69) is 59.0 Å². The molecule has 113 valence electrons. The van der Waals surface area contributed by atoms with Crippen molar-refractivity contribution in [3.05, 3.63) is 29.8 Å². The number of hydrogen-bond donors (Lipinski definition) is 0. The van der Waals surface area contributed by atoms with E-state index in [1.165, 1.54) is 5.56 Å². The number of hydrogen-bond acceptors (Lipinski definition) is 2. The van der Waals surface area contributed by atoms with E-state index in [9.17, 15) is 0 Å². The predicted octanol–water partition coefficient (Wildman–Crippen LogP) is 4.81. The van der Waals surface area contributed by atoms with Gasteiger partial charge in [0.2, 0.25) is 0 Å². The second-order valence-electron chi connectivity index (χ2n) is 6.26. The van der Waals surface area contributed by atoms with Crippen LogP contribution in [0.15, 0.2) is 24.3 Å². The Balaban J connectivity index is 3.17. The van der Waals surface area contributed by atoms with Gasteiger partial charge in [0.25, 0.3) is 0 Å². The molecule has 0 aliphatic heterocycles. The minimum atomic E-state index is -1.84. The van der Waals surface area contributed by atoms with Gasteiger partial charge >= 0.3 is 0 Å². The van der Waals surface area contributed by atoms with Crippen LogP contribution in [-0.4, -0.2) is 24.5 Å². The first-order valence-corrected chi connectivity index (χ1v) is 12.1. The fourth-order valence-electron chi connectivity index (χ4n) is 2.87. The lowest BCUT2D eigenvalue weighted by atomic mass is 10.2. The van der Waals surface area contributed by atoms with Gasteiger partial charge in [-0.05, 0) is 41.9 Å². The number of ether oxygens (including phenoxy) is 1. The summed E-state index contributed by atoms with van der Waals surface area (Å²) in [6, 6.07) is 9.42. The second kappa shape index (κ2) is 7.43. The number of benzene rings is 1. The van der Waals surface area contributed by atoms with E-state index in [1.807, 2.05) is 6.07 Å². The van der Waals surface area contributed by atoms with Crippen molar-refractivity contribution in [2.24, 2.45) is 0 Å². The molecular formula is C16H29O2Si2. The van der Waals surface area contributed by atoms with Gasteiger partial charge in [-0.15, -0.1) is 0 Å². The lowest BCUT2D eigenvalue weighted by molar-refractivity contribution is 0.409. The van der Waals surface area contributed by atoms with E-state index in [1.54, 1.807) is 7.11 Å². The number of para-hydroxylation sites is 1. The molecule has 20 heavy (non-hydrogen) atoms. The van der Waals surface area contributed by atoms with Gasteiger partial charge in [-0.25, -0.2) is 0 Å². The molecule has 0 fully saturated rings. The SMILES string of the molecule is COc1ccccc1C[Si](O[Si](C)C)(C(C)C)C(C)C. The van der Waals surface area contributed by atoms with Crippen molar-refractivity contribution in [1.82, 2.24) is 0 Å². The summed E-state index contributed by atoms with van der Waals surface area (Å²) in [6.07, 6.45) is 0. The van der Waals surface area contributed by atoms with Gasteiger partial charge in [0.15, 0.2) is 17.4 Å². The summed E-state index contributed by atoms with van der Waals surface area (Å²) in [5.74, 6) is 0.996. The summed E-state index contributed by atoms with van der Waals surface area (Å²) >= 11 is 0. The third-order valence-corrected chi connectivity index (χ3v) is 12.0. The van der Waals surface area contributed by atoms with Crippen LogP contribution < -0.4 is 4.74 Å². The average molecular weight is 310 g/mol. The normalized spacial score (nSPS) is 12.5. The van der Waals surface area contributed by atoms with Crippen LogP contribution in [-0.2, 0) is 10.2 Å². The third kappa shape index (κ3) is 3.96. The molecule has 1 radical (unpaired) electrons. The zero-order valence-electron chi connectivity index (χ0n) is 14.0. The van der Waals surface area contributed by atoms with Crippen LogP contribution in [0.5, 0.6) is 5.75 Å². The van der Waals surface area contributed by atoms with Crippen molar-refractivity contribution in [2.75, 3.05) is 7.11 Å². The smallest absolute Gasteiger partial charge is 0.191 e. The first-order valence-electron chi connectivity index (χ1n) is 7.44. The predicted molar refractivity (Wildman–Crippen MR) is 91.2 cm³/mol. The zero-order valence-corrected chi connectivity index (χ0v) is 16.0. The Morgan fingerprint density at radius 1 is 1.05 bits per heavy atom. The van der Waals surface area contributed by atoms with Gasteiger partial charge in [-0.2, -0.15) is 0 Å². The Bertz CT molecular complexity index is 409. The maximum absolute atomic E-state index is 6.65. The van der Waals surface area contributed by atoms with E-state index in [4.69, 9.17) is 8.85 Å². The minimum Gasteiger partial charge on any atom is -0.496 e. The summed E-state index contributed by atoms with van der Waals surface area (Å²) in [5, 5.41) is 0. The quantitative estimate of drug-likeness (QED) is 0.673. The van der Waals surface area contributed by atoms with Crippen molar-refractivity contribution in [2.45, 2.75) is 57.9 Å². The maximum Gasteiger partial charge on any atom is 0.191 e. The fraction of sp³-hybridized carbons (Fsp3) is 0.625. The molecule has 0 aliphatic carbocycles. The molecule has 0 aliphatic rings. The Morgan fingerprint density at radius 2 is 1.60 bits per heavy atom. The molecule has 0 heterocycles. The molecule has 0 spiro atoms. The highest BCUT2D eigenvalue weighted by molar-refractivity contribution is 6.81. The minimum absolute atomic E-state index is 0.604. The van der Waals surface area contributed by atoms with Gasteiger partial charge in [0.05, 0.1) is 7.11 Å². The van der Waals surface area contributed by atoms with Crippen molar-refractivity contribution in [3.8, 4) is 5.75 Å². The van der Waals surface area contributed by atoms with Crippen molar-refractivity contribution < 1.29 is 8.85 Å². The van der Waals surface area contributed by atoms with Crippen LogP contribution in [0.25, 0.3) is 0 Å². The Labute approximate surface area is 127 Å². The van der Waals surface area contributed by atoms with Gasteiger partial charge in [-0.1, -0.05) is 45.9 Å². The molecule has 0 unspecified atom stereocenters. The van der Waals surface area contributed by atoms with Gasteiger partial charge in [0.1, 0.15) is 5.75 Å². The molecular weight excluding hydrogens is 280 g/mol. The van der Waals surface area contributed by atoms with Crippen LogP contribution in [0.3, 0.4) is 0 Å². The Kier molecular flexibility index (Phi) is 6.49. The van der Waals surface area contributed by atoms with Gasteiger partial charge in [-0.3, -0.25) is 0 Å². The van der Waals surface area contributed by atoms with Crippen LogP contribution >= 0.6 is 0 Å². The molecule has 2 nitrogen and oxygen atoms in total. The third-order valence-electron chi connectivity index (χ3n) is 4.01. The summed E-state index contributed by atoms with van der Waals surface area (Å²) < 4.78 is 12.2. The highest BCUT2D eigenvalue weighted by Crippen LogP contribution is 2.38. The molecule has 1 aromatic carbocycles. The zero-order chi connectivity index (χ0) is 15.3. The van der Waals surface area contributed by atoms with E-state index < -0.39 is 17.4 Å². The molecule has 1 aromatic rings. The maximum atomic E-state index is 6.65. The molecule has 4 heteroatoms. The molecule has 0 N–H and O–H groups in total. The highest BCUT2D eigenvalue weighted by Gasteiger charge is 2.43. The number of rotatable bonds is 7. The Hall–Kier alpha value is -0.586. The Morgan fingerprint density at radius 3 is 2.05 bits per heavy atom. The molecule has 0 amide bonds. The fourth-order valence-corrected chi connectivity index (χ4v) is 11.1. The largest absolute Gasteiger partial charge is 0.496 e. The van der Waals surface area contributed by atoms with E-state index in [0.717, 1.165) is 11.8 Å². The summed E-state index contributed by atoms with van der Waals surface area (Å²) in [7, 11) is -0.782. The van der Waals surface area contributed by atoms with E-state index >= 15 is 0 Å². The number of methoxy groups -OCH3 is 1. The molecule has 0 saturated heterocycles. The average Bonchev–Trinajstić information content (AvgIpc) is 2.37. The molecule has 0 bridgehead atoms. The topological polar surface area (TPSA) is 18.5 Å². The molecule has 1 rings (SSSR count). The van der Waals surface area contributed by atoms with Gasteiger partial charge in [0, 0.05) is 0 Å². The van der Waals surface area contributed by atoms with E-state index in [0.29, 0.717) is 11.1 Å². The van der Waals surface area contributed by atoms with Crippen molar-refractivity contribution in [3.63, 3.8) is 0 Å². The van der Waals surface area contributed by atoms with Gasteiger partial charge < -0.3 is 8.85 Å². The summed E-state index contributed by atoms with van der Waals surface area (Å²) in [5.41, 5.74) is 2.51. The van der Waals surface area contributed by atoms with Crippen LogP contribution in [0.1, 0.15) is 33.3 Å². The second-order valence-corrected chi connectivity index (χ2v) is 13.5. The lowest BCUT2D eigenvalue weighted by Gasteiger charge is -2.41. The molecule has 0 aromatic heterocycles. The first-order chi connectivity index (χ1) is 9.33. The standard InChI is InChI=1S/C16H29O2Si2/c1-13(2)20(14(3)4,18-19(6)7)12-15-10-8-9-11-16(15)17-5/h8-11,13-14H,12H2,1-7H3. The lowest BCUT2D eigenvalue weighted by Crippen LogP contribution is -2.50. The van der Waals surface area contributed by atoms with E-state index in [-0.39, 0.29) is 0 Å². The van der Waals surface area contributed by atoms with Crippen LogP contribution in [0.4, 0.5) is 0 Å². The highest BCUT2D eigenvalue weighted by atomic mass is 28.4. The van der Waals surface area contributed by atoms with Crippen LogP contribution in [0.2, 0.25) is 24.2 Å². The molecule has 0 atom stereocenters. The summed E-state index contributed by atoms with van der Waals surface area (Å²) in [4.78, 5) is 0. The van der Waals surface area contributed by atoms with Crippen molar-refractivity contribution in [1.29, 1.82) is 0 Å². The first kappa shape index (κ1) is 17.5. The van der Waals surface area contributed by atoms with Crippen molar-refractivity contribution >= 4 is 17.4 Å². The molecule has 0 saturated carbocycles. The monoisotopic (exact) mass is 309 g/mol. The summed E-state index contributed by atoms with van der Waals surface area (Å²) in [6.45, 7) is 13.8.